The minimum absolute atomic E-state index is 0.251. The Bertz CT molecular complexity index is 362. The van der Waals surface area contributed by atoms with Crippen LogP contribution in [0.1, 0.15) is 39.7 Å². The van der Waals surface area contributed by atoms with Crippen LogP contribution in [0.3, 0.4) is 0 Å². The quantitative estimate of drug-likeness (QED) is 0.691. The van der Waals surface area contributed by atoms with Crippen molar-refractivity contribution in [2.75, 3.05) is 18.0 Å². The van der Waals surface area contributed by atoms with Crippen molar-refractivity contribution < 1.29 is 0 Å². The molecule has 1 atom stereocenters. The molecule has 1 aromatic rings. The topological polar surface area (TPSA) is 3.24 Å². The SMILES string of the molecule is CC1CCN(c2cccc(C(C)(C)C)c2)C1. The average Bonchev–Trinajstić information content (AvgIpc) is 2.64. The van der Waals surface area contributed by atoms with Crippen LogP contribution in [0, 0.1) is 5.92 Å². The fourth-order valence-electron chi connectivity index (χ4n) is 2.34. The van der Waals surface area contributed by atoms with E-state index in [0.717, 1.165) is 5.92 Å². The highest BCUT2D eigenvalue weighted by Gasteiger charge is 2.20. The number of nitrogens with zero attached hydrogens (tertiary/aromatic N) is 1. The van der Waals surface area contributed by atoms with Gasteiger partial charge in [-0.25, -0.2) is 0 Å². The van der Waals surface area contributed by atoms with Crippen molar-refractivity contribution in [3.8, 4) is 0 Å². The van der Waals surface area contributed by atoms with Crippen molar-refractivity contribution in [3.63, 3.8) is 0 Å². The van der Waals surface area contributed by atoms with Crippen molar-refractivity contribution in [1.29, 1.82) is 0 Å². The molecule has 0 aliphatic carbocycles. The molecule has 1 aliphatic heterocycles. The monoisotopic (exact) mass is 217 g/mol. The molecule has 1 fully saturated rings. The predicted molar refractivity (Wildman–Crippen MR) is 71.1 cm³/mol. The van der Waals surface area contributed by atoms with Gasteiger partial charge in [0.2, 0.25) is 0 Å². The molecule has 0 bridgehead atoms. The molecule has 0 saturated carbocycles. The van der Waals surface area contributed by atoms with E-state index in [1.807, 2.05) is 0 Å². The van der Waals surface area contributed by atoms with E-state index >= 15 is 0 Å². The Labute approximate surface area is 99.5 Å². The third-order valence-electron chi connectivity index (χ3n) is 3.50. The van der Waals surface area contributed by atoms with Crippen LogP contribution in [0.15, 0.2) is 24.3 Å². The Hall–Kier alpha value is -0.980. The Balaban J connectivity index is 2.23. The van der Waals surface area contributed by atoms with Crippen molar-refractivity contribution in [2.24, 2.45) is 5.92 Å². The first-order valence-corrected chi connectivity index (χ1v) is 6.32. The lowest BCUT2D eigenvalue weighted by molar-refractivity contribution is 0.590. The van der Waals surface area contributed by atoms with Crippen LogP contribution in [-0.2, 0) is 5.41 Å². The molecule has 16 heavy (non-hydrogen) atoms. The lowest BCUT2D eigenvalue weighted by Crippen LogP contribution is -2.20. The molecule has 0 amide bonds. The van der Waals surface area contributed by atoms with E-state index in [4.69, 9.17) is 0 Å². The van der Waals surface area contributed by atoms with Crippen LogP contribution in [0.4, 0.5) is 5.69 Å². The second-order valence-electron chi connectivity index (χ2n) is 6.14. The lowest BCUT2D eigenvalue weighted by Gasteiger charge is -2.23. The normalized spacial score (nSPS) is 21.5. The van der Waals surface area contributed by atoms with Gasteiger partial charge in [0.1, 0.15) is 0 Å². The molecule has 1 nitrogen and oxygen atoms in total. The van der Waals surface area contributed by atoms with E-state index < -0.39 is 0 Å². The fourth-order valence-corrected chi connectivity index (χ4v) is 2.34. The summed E-state index contributed by atoms with van der Waals surface area (Å²) in [6.45, 7) is 11.6. The van der Waals surface area contributed by atoms with E-state index in [0.29, 0.717) is 0 Å². The third kappa shape index (κ3) is 2.40. The van der Waals surface area contributed by atoms with E-state index in [1.165, 1.54) is 30.8 Å². The van der Waals surface area contributed by atoms with Crippen molar-refractivity contribution >= 4 is 5.69 Å². The van der Waals surface area contributed by atoms with Gasteiger partial charge in [0.05, 0.1) is 0 Å². The highest BCUT2D eigenvalue weighted by Crippen LogP contribution is 2.29. The smallest absolute Gasteiger partial charge is 0.0369 e. The standard InChI is InChI=1S/C15H23N/c1-12-8-9-16(11-12)14-7-5-6-13(10-14)15(2,3)4/h5-7,10,12H,8-9,11H2,1-4H3. The Morgan fingerprint density at radius 3 is 2.56 bits per heavy atom. The summed E-state index contributed by atoms with van der Waals surface area (Å²) in [6, 6.07) is 9.03. The van der Waals surface area contributed by atoms with E-state index in [1.54, 1.807) is 0 Å². The van der Waals surface area contributed by atoms with Gasteiger partial charge in [-0.1, -0.05) is 39.8 Å². The zero-order valence-electron chi connectivity index (χ0n) is 11.0. The molecule has 1 aliphatic rings. The maximum Gasteiger partial charge on any atom is 0.0369 e. The number of anilines is 1. The second-order valence-corrected chi connectivity index (χ2v) is 6.14. The Morgan fingerprint density at radius 2 is 2.00 bits per heavy atom. The van der Waals surface area contributed by atoms with Crippen molar-refractivity contribution in [2.45, 2.75) is 39.5 Å². The van der Waals surface area contributed by atoms with Crippen molar-refractivity contribution in [1.82, 2.24) is 0 Å². The summed E-state index contributed by atoms with van der Waals surface area (Å²) in [5, 5.41) is 0. The Morgan fingerprint density at radius 1 is 1.25 bits per heavy atom. The minimum Gasteiger partial charge on any atom is -0.371 e. The maximum absolute atomic E-state index is 2.51. The van der Waals surface area contributed by atoms with Crippen LogP contribution in [0.25, 0.3) is 0 Å². The molecule has 0 radical (unpaired) electrons. The van der Waals surface area contributed by atoms with Gasteiger partial charge in [-0.05, 0) is 35.4 Å². The molecular weight excluding hydrogens is 194 g/mol. The van der Waals surface area contributed by atoms with E-state index in [9.17, 15) is 0 Å². The van der Waals surface area contributed by atoms with Gasteiger partial charge >= 0.3 is 0 Å². The maximum atomic E-state index is 2.51. The summed E-state index contributed by atoms with van der Waals surface area (Å²) in [4.78, 5) is 2.51. The first-order chi connectivity index (χ1) is 7.47. The first kappa shape index (κ1) is 11.5. The second kappa shape index (κ2) is 4.12. The Kier molecular flexibility index (Phi) is 2.96. The summed E-state index contributed by atoms with van der Waals surface area (Å²) < 4.78 is 0. The zero-order chi connectivity index (χ0) is 11.8. The zero-order valence-corrected chi connectivity index (χ0v) is 11.0. The van der Waals surface area contributed by atoms with Crippen LogP contribution in [-0.4, -0.2) is 13.1 Å². The molecule has 88 valence electrons. The highest BCUT2D eigenvalue weighted by molar-refractivity contribution is 5.50. The molecule has 0 aromatic heterocycles. The molecule has 1 unspecified atom stereocenters. The molecule has 1 heterocycles. The number of hydrogen-bond acceptors (Lipinski definition) is 1. The largest absolute Gasteiger partial charge is 0.371 e. The lowest BCUT2D eigenvalue weighted by atomic mass is 9.87. The van der Waals surface area contributed by atoms with E-state index in [2.05, 4.69) is 56.9 Å². The van der Waals surface area contributed by atoms with Crippen molar-refractivity contribution in [3.05, 3.63) is 29.8 Å². The van der Waals surface area contributed by atoms with E-state index in [-0.39, 0.29) is 5.41 Å². The number of hydrogen-bond donors (Lipinski definition) is 0. The van der Waals surface area contributed by atoms with Gasteiger partial charge in [0.25, 0.3) is 0 Å². The highest BCUT2D eigenvalue weighted by atomic mass is 15.1. The molecule has 1 aromatic carbocycles. The van der Waals surface area contributed by atoms with Crippen LogP contribution < -0.4 is 4.90 Å². The summed E-state index contributed by atoms with van der Waals surface area (Å²) >= 11 is 0. The first-order valence-electron chi connectivity index (χ1n) is 6.32. The van der Waals surface area contributed by atoms with Gasteiger partial charge in [0.15, 0.2) is 0 Å². The third-order valence-corrected chi connectivity index (χ3v) is 3.50. The molecule has 0 N–H and O–H groups in total. The summed E-state index contributed by atoms with van der Waals surface area (Å²) in [7, 11) is 0. The van der Waals surface area contributed by atoms with Crippen LogP contribution in [0.2, 0.25) is 0 Å². The van der Waals surface area contributed by atoms with Crippen LogP contribution in [0.5, 0.6) is 0 Å². The summed E-state index contributed by atoms with van der Waals surface area (Å²) in [6.07, 6.45) is 1.33. The van der Waals surface area contributed by atoms with Gasteiger partial charge in [0, 0.05) is 18.8 Å². The summed E-state index contributed by atoms with van der Waals surface area (Å²) in [5.41, 5.74) is 3.09. The molecule has 0 spiro atoms. The fraction of sp³-hybridized carbons (Fsp3) is 0.600. The molecular formula is C15H23N. The van der Waals surface area contributed by atoms with Gasteiger partial charge in [-0.2, -0.15) is 0 Å². The minimum atomic E-state index is 0.251. The molecule has 1 saturated heterocycles. The molecule has 2 rings (SSSR count). The molecule has 1 heteroatoms. The average molecular weight is 217 g/mol. The van der Waals surface area contributed by atoms with Gasteiger partial charge in [-0.15, -0.1) is 0 Å². The van der Waals surface area contributed by atoms with Gasteiger partial charge < -0.3 is 4.90 Å². The number of benzene rings is 1. The van der Waals surface area contributed by atoms with Crippen LogP contribution >= 0.6 is 0 Å². The van der Waals surface area contributed by atoms with Gasteiger partial charge in [-0.3, -0.25) is 0 Å². The number of rotatable bonds is 1. The predicted octanol–water partition coefficient (Wildman–Crippen LogP) is 3.83. The summed E-state index contributed by atoms with van der Waals surface area (Å²) in [5.74, 6) is 0.846.